The first-order valence-corrected chi connectivity index (χ1v) is 15.4. The molecule has 1 amide bonds. The molecule has 0 aromatic heterocycles. The summed E-state index contributed by atoms with van der Waals surface area (Å²) in [5.74, 6) is -1.25. The van der Waals surface area contributed by atoms with Crippen LogP contribution < -0.4 is 15.0 Å². The van der Waals surface area contributed by atoms with E-state index in [2.05, 4.69) is 11.9 Å². The number of nitrogens with zero attached hydrogens (tertiary/aromatic N) is 1. The molecule has 0 spiro atoms. The summed E-state index contributed by atoms with van der Waals surface area (Å²) in [6.45, 7) is 11.4. The fourth-order valence-corrected chi connectivity index (χ4v) is 8.10. The molecular weight excluding hydrogens is 555 g/mol. The van der Waals surface area contributed by atoms with Crippen molar-refractivity contribution in [2.24, 2.45) is 5.41 Å². The first-order chi connectivity index (χ1) is 19.8. The highest BCUT2D eigenvalue weighted by Crippen LogP contribution is 2.51. The molecule has 42 heavy (non-hydrogen) atoms. The van der Waals surface area contributed by atoms with Gasteiger partial charge in [-0.3, -0.25) is 9.69 Å². The van der Waals surface area contributed by atoms with Gasteiger partial charge >= 0.3 is 0 Å². The number of carbonyl (C=O) groups excluding carboxylic acids is 1. The van der Waals surface area contributed by atoms with E-state index in [1.54, 1.807) is 25.1 Å². The maximum absolute atomic E-state index is 16.1. The molecule has 5 rings (SSSR count). The number of aryl methyl sites for hydroxylation is 1. The summed E-state index contributed by atoms with van der Waals surface area (Å²) in [4.78, 5) is 15.6. The molecule has 9 heteroatoms. The third-order valence-electron chi connectivity index (χ3n) is 7.55. The van der Waals surface area contributed by atoms with Gasteiger partial charge in [-0.1, -0.05) is 50.8 Å². The summed E-state index contributed by atoms with van der Waals surface area (Å²) in [5.41, 5.74) is 2.54. The molecule has 2 aliphatic rings. The SMILES string of the molecule is C=C(C)COc1ccc(C2C3=C(CC(C)(C)CS3(=O)=O)Nc3c(O)cccc3N2C(=O)Cc2ccccc2C)c(F)c1. The van der Waals surface area contributed by atoms with Gasteiger partial charge in [0.05, 0.1) is 22.8 Å². The number of nitrogens with one attached hydrogen (secondary N) is 1. The number of para-hydroxylation sites is 1. The number of carbonyl (C=O) groups is 1. The predicted octanol–water partition coefficient (Wildman–Crippen LogP) is 6.59. The average Bonchev–Trinajstić information content (AvgIpc) is 3.03. The highest BCUT2D eigenvalue weighted by Gasteiger charge is 2.47. The second kappa shape index (κ2) is 10.9. The fraction of sp³-hybridized carbons (Fsp3) is 0.303. The maximum Gasteiger partial charge on any atom is 0.232 e. The molecule has 2 N–H and O–H groups in total. The van der Waals surface area contributed by atoms with Gasteiger partial charge in [0, 0.05) is 17.3 Å². The van der Waals surface area contributed by atoms with Gasteiger partial charge in [-0.25, -0.2) is 12.8 Å². The number of hydrogen-bond acceptors (Lipinski definition) is 6. The van der Waals surface area contributed by atoms with Crippen LogP contribution in [0.15, 0.2) is 83.4 Å². The molecule has 2 aliphatic heterocycles. The van der Waals surface area contributed by atoms with Gasteiger partial charge in [-0.15, -0.1) is 0 Å². The van der Waals surface area contributed by atoms with E-state index in [1.807, 2.05) is 45.0 Å². The van der Waals surface area contributed by atoms with E-state index in [0.29, 0.717) is 12.1 Å². The van der Waals surface area contributed by atoms with Gasteiger partial charge in [0.1, 0.15) is 35.7 Å². The first-order valence-electron chi connectivity index (χ1n) is 13.8. The Hall–Kier alpha value is -4.11. The first kappa shape index (κ1) is 29.4. The zero-order valence-corrected chi connectivity index (χ0v) is 25.0. The standard InChI is InChI=1S/C33H35FN2O5S/c1-20(2)18-41-23-13-14-24(25(34)16-23)31-32-26(17-33(4,5)19-42(32,39)40)35-30-27(11-8-12-28(30)37)36(31)29(38)15-22-10-7-6-9-21(22)3/h6-14,16,31,35,37H,1,15,17-19H2,2-5H3. The van der Waals surface area contributed by atoms with E-state index in [1.165, 1.54) is 23.1 Å². The van der Waals surface area contributed by atoms with Crippen molar-refractivity contribution in [2.45, 2.75) is 46.6 Å². The summed E-state index contributed by atoms with van der Waals surface area (Å²) >= 11 is 0. The molecule has 220 valence electrons. The topological polar surface area (TPSA) is 95.9 Å². The fourth-order valence-electron chi connectivity index (χ4n) is 5.74. The number of fused-ring (bicyclic) bond motifs is 1. The number of allylic oxidation sites excluding steroid dienone is 1. The van der Waals surface area contributed by atoms with Gasteiger partial charge in [0.15, 0.2) is 9.84 Å². The molecular formula is C33H35FN2O5S. The lowest BCUT2D eigenvalue weighted by Crippen LogP contribution is -2.42. The number of benzene rings is 3. The largest absolute Gasteiger partial charge is 0.506 e. The van der Waals surface area contributed by atoms with Crippen molar-refractivity contribution in [1.29, 1.82) is 0 Å². The van der Waals surface area contributed by atoms with Crippen molar-refractivity contribution >= 4 is 27.1 Å². The summed E-state index contributed by atoms with van der Waals surface area (Å²) in [6.07, 6.45) is 0.251. The van der Waals surface area contributed by atoms with Crippen LogP contribution in [0.4, 0.5) is 15.8 Å². The van der Waals surface area contributed by atoms with E-state index >= 15 is 4.39 Å². The van der Waals surface area contributed by atoms with Gasteiger partial charge in [0.2, 0.25) is 5.91 Å². The van der Waals surface area contributed by atoms with Crippen LogP contribution in [0, 0.1) is 18.2 Å². The molecule has 0 saturated heterocycles. The minimum atomic E-state index is -4.01. The minimum absolute atomic E-state index is 0.00424. The zero-order valence-electron chi connectivity index (χ0n) is 24.2. The van der Waals surface area contributed by atoms with Crippen LogP contribution in [-0.2, 0) is 21.1 Å². The van der Waals surface area contributed by atoms with E-state index in [9.17, 15) is 18.3 Å². The maximum atomic E-state index is 16.1. The van der Waals surface area contributed by atoms with Crippen molar-refractivity contribution in [3.63, 3.8) is 0 Å². The Morgan fingerprint density at radius 3 is 2.60 bits per heavy atom. The summed E-state index contributed by atoms with van der Waals surface area (Å²) in [7, 11) is -4.01. The van der Waals surface area contributed by atoms with Crippen LogP contribution in [0.3, 0.4) is 0 Å². The number of amides is 1. The second-order valence-corrected chi connectivity index (χ2v) is 13.9. The van der Waals surface area contributed by atoms with Crippen LogP contribution in [0.2, 0.25) is 0 Å². The monoisotopic (exact) mass is 590 g/mol. The van der Waals surface area contributed by atoms with Gasteiger partial charge in [-0.05, 0) is 66.6 Å². The molecule has 2 heterocycles. The lowest BCUT2D eigenvalue weighted by molar-refractivity contribution is -0.118. The van der Waals surface area contributed by atoms with E-state index < -0.39 is 33.0 Å². The molecule has 0 aliphatic carbocycles. The molecule has 0 bridgehead atoms. The van der Waals surface area contributed by atoms with Crippen LogP contribution >= 0.6 is 0 Å². The zero-order chi connectivity index (χ0) is 30.4. The van der Waals surface area contributed by atoms with Crippen molar-refractivity contribution in [3.05, 3.63) is 106 Å². The molecule has 7 nitrogen and oxygen atoms in total. The molecule has 3 aromatic rings. The van der Waals surface area contributed by atoms with Gasteiger partial charge < -0.3 is 15.2 Å². The van der Waals surface area contributed by atoms with Crippen LogP contribution in [0.1, 0.15) is 49.9 Å². The third kappa shape index (κ3) is 5.66. The van der Waals surface area contributed by atoms with Gasteiger partial charge in [0.25, 0.3) is 0 Å². The lowest BCUT2D eigenvalue weighted by Gasteiger charge is -2.37. The molecule has 0 radical (unpaired) electrons. The Kier molecular flexibility index (Phi) is 7.66. The Morgan fingerprint density at radius 1 is 1.17 bits per heavy atom. The highest BCUT2D eigenvalue weighted by molar-refractivity contribution is 7.95. The minimum Gasteiger partial charge on any atom is -0.506 e. The summed E-state index contributed by atoms with van der Waals surface area (Å²) in [5, 5.41) is 14.1. The summed E-state index contributed by atoms with van der Waals surface area (Å²) in [6, 6.07) is 15.0. The number of aromatic hydroxyl groups is 1. The number of anilines is 2. The number of phenols is 1. The van der Waals surface area contributed by atoms with Crippen molar-refractivity contribution in [1.82, 2.24) is 0 Å². The Labute approximate surface area is 246 Å². The average molecular weight is 591 g/mol. The number of ether oxygens (including phenoxy) is 1. The quantitative estimate of drug-likeness (QED) is 0.248. The van der Waals surface area contributed by atoms with Crippen LogP contribution in [-0.4, -0.2) is 31.8 Å². The molecule has 0 fully saturated rings. The second-order valence-electron chi connectivity index (χ2n) is 11.9. The van der Waals surface area contributed by atoms with E-state index in [4.69, 9.17) is 4.74 Å². The molecule has 0 saturated carbocycles. The number of sulfone groups is 1. The molecule has 1 unspecified atom stereocenters. The smallest absolute Gasteiger partial charge is 0.232 e. The van der Waals surface area contributed by atoms with Crippen LogP contribution in [0.5, 0.6) is 11.5 Å². The van der Waals surface area contributed by atoms with Crippen molar-refractivity contribution < 1.29 is 27.4 Å². The lowest BCUT2D eigenvalue weighted by atomic mass is 9.88. The van der Waals surface area contributed by atoms with E-state index in [-0.39, 0.29) is 52.1 Å². The third-order valence-corrected chi connectivity index (χ3v) is 9.86. The van der Waals surface area contributed by atoms with Crippen molar-refractivity contribution in [2.75, 3.05) is 22.6 Å². The molecule has 3 aromatic carbocycles. The Bertz CT molecular complexity index is 1730. The highest BCUT2D eigenvalue weighted by atomic mass is 32.2. The molecule has 1 atom stereocenters. The van der Waals surface area contributed by atoms with Gasteiger partial charge in [-0.2, -0.15) is 0 Å². The van der Waals surface area contributed by atoms with Crippen LogP contribution in [0.25, 0.3) is 0 Å². The number of phenolic OH excluding ortho intramolecular Hbond substituents is 1. The number of rotatable bonds is 6. The number of hydrogen-bond donors (Lipinski definition) is 2. The Morgan fingerprint density at radius 2 is 1.90 bits per heavy atom. The van der Waals surface area contributed by atoms with E-state index in [0.717, 1.165) is 16.7 Å². The van der Waals surface area contributed by atoms with Crippen molar-refractivity contribution in [3.8, 4) is 11.5 Å². The normalized spacial score (nSPS) is 18.8. The number of halogens is 1. The Balaban J connectivity index is 1.77. The predicted molar refractivity (Wildman–Crippen MR) is 163 cm³/mol. The summed E-state index contributed by atoms with van der Waals surface area (Å²) < 4.78 is 49.9.